The number of anilines is 1. The van der Waals surface area contributed by atoms with Crippen molar-refractivity contribution < 1.29 is 9.90 Å². The smallest absolute Gasteiger partial charge is 0.326 e. The quantitative estimate of drug-likeness (QED) is 0.650. The molecule has 0 aliphatic heterocycles. The largest absolute Gasteiger partial charge is 0.480 e. The van der Waals surface area contributed by atoms with Gasteiger partial charge in [0, 0.05) is 10.9 Å². The fourth-order valence-corrected chi connectivity index (χ4v) is 2.61. The highest BCUT2D eigenvalue weighted by Gasteiger charge is 2.19. The normalized spacial score (nSPS) is 12.6. The highest BCUT2D eigenvalue weighted by atomic mass is 16.4. The van der Waals surface area contributed by atoms with E-state index in [1.165, 1.54) is 6.33 Å². The number of nitrogens with one attached hydrogen (secondary N) is 2. The standard InChI is InChI=1S/C16H18N4O2/c1-2-3-7-12(16(21)22)20-15-13-10-6-4-5-8-11(10)19-14(13)17-9-18-15/h4-6,8-9,12H,2-3,7H2,1H3,(H,21,22)(H2,17,18,19,20). The van der Waals surface area contributed by atoms with E-state index in [4.69, 9.17) is 0 Å². The molecular weight excluding hydrogens is 280 g/mol. The molecule has 0 saturated carbocycles. The zero-order valence-corrected chi connectivity index (χ0v) is 12.3. The lowest BCUT2D eigenvalue weighted by atomic mass is 10.1. The third kappa shape index (κ3) is 2.59. The Hall–Kier alpha value is -2.63. The van der Waals surface area contributed by atoms with Crippen LogP contribution in [0.1, 0.15) is 26.2 Å². The van der Waals surface area contributed by atoms with Crippen LogP contribution in [0.15, 0.2) is 30.6 Å². The fraction of sp³-hybridized carbons (Fsp3) is 0.312. The Morgan fingerprint density at radius 1 is 1.36 bits per heavy atom. The number of carboxylic acid groups (broad SMARTS) is 1. The fourth-order valence-electron chi connectivity index (χ4n) is 2.61. The molecule has 1 atom stereocenters. The van der Waals surface area contributed by atoms with Gasteiger partial charge in [0.25, 0.3) is 0 Å². The van der Waals surface area contributed by atoms with Gasteiger partial charge in [-0.15, -0.1) is 0 Å². The van der Waals surface area contributed by atoms with Crippen molar-refractivity contribution in [2.75, 3.05) is 5.32 Å². The van der Waals surface area contributed by atoms with Gasteiger partial charge in [-0.2, -0.15) is 0 Å². The Bertz CT molecular complexity index is 812. The molecule has 6 nitrogen and oxygen atoms in total. The van der Waals surface area contributed by atoms with E-state index in [-0.39, 0.29) is 0 Å². The van der Waals surface area contributed by atoms with Crippen molar-refractivity contribution in [1.82, 2.24) is 15.0 Å². The molecule has 0 radical (unpaired) electrons. The van der Waals surface area contributed by atoms with E-state index >= 15 is 0 Å². The third-order valence-corrected chi connectivity index (χ3v) is 3.75. The van der Waals surface area contributed by atoms with Gasteiger partial charge in [0.05, 0.1) is 5.39 Å². The maximum Gasteiger partial charge on any atom is 0.326 e. The van der Waals surface area contributed by atoms with Crippen LogP contribution >= 0.6 is 0 Å². The van der Waals surface area contributed by atoms with E-state index in [1.807, 2.05) is 31.2 Å². The van der Waals surface area contributed by atoms with Crippen molar-refractivity contribution in [3.05, 3.63) is 30.6 Å². The van der Waals surface area contributed by atoms with Crippen LogP contribution < -0.4 is 5.32 Å². The number of aromatic nitrogens is 3. The summed E-state index contributed by atoms with van der Waals surface area (Å²) in [5.74, 6) is -0.300. The number of carboxylic acids is 1. The van der Waals surface area contributed by atoms with Gasteiger partial charge in [-0.25, -0.2) is 14.8 Å². The van der Waals surface area contributed by atoms with Crippen molar-refractivity contribution >= 4 is 33.7 Å². The molecule has 0 aliphatic rings. The molecule has 1 unspecified atom stereocenters. The van der Waals surface area contributed by atoms with Crippen LogP contribution in [-0.4, -0.2) is 32.1 Å². The van der Waals surface area contributed by atoms with Crippen LogP contribution in [0.3, 0.4) is 0 Å². The van der Waals surface area contributed by atoms with Crippen molar-refractivity contribution in [2.45, 2.75) is 32.2 Å². The number of hydrogen-bond acceptors (Lipinski definition) is 4. The van der Waals surface area contributed by atoms with Gasteiger partial charge < -0.3 is 15.4 Å². The van der Waals surface area contributed by atoms with E-state index in [0.717, 1.165) is 29.1 Å². The molecular formula is C16H18N4O2. The lowest BCUT2D eigenvalue weighted by Gasteiger charge is -2.15. The first kappa shape index (κ1) is 14.3. The number of rotatable bonds is 6. The Kier molecular flexibility index (Phi) is 3.91. The van der Waals surface area contributed by atoms with E-state index in [9.17, 15) is 9.90 Å². The summed E-state index contributed by atoms with van der Waals surface area (Å²) in [7, 11) is 0. The van der Waals surface area contributed by atoms with E-state index in [1.54, 1.807) is 0 Å². The second-order valence-corrected chi connectivity index (χ2v) is 5.29. The Balaban J connectivity index is 2.04. The van der Waals surface area contributed by atoms with E-state index in [0.29, 0.717) is 17.9 Å². The lowest BCUT2D eigenvalue weighted by molar-refractivity contribution is -0.138. The molecule has 3 aromatic rings. The molecule has 0 amide bonds. The zero-order valence-electron chi connectivity index (χ0n) is 12.3. The van der Waals surface area contributed by atoms with Crippen molar-refractivity contribution in [3.63, 3.8) is 0 Å². The van der Waals surface area contributed by atoms with Crippen molar-refractivity contribution in [2.24, 2.45) is 0 Å². The molecule has 22 heavy (non-hydrogen) atoms. The Labute approximate surface area is 127 Å². The molecule has 3 N–H and O–H groups in total. The van der Waals surface area contributed by atoms with E-state index in [2.05, 4.69) is 20.3 Å². The van der Waals surface area contributed by atoms with Crippen molar-refractivity contribution in [1.29, 1.82) is 0 Å². The van der Waals surface area contributed by atoms with Crippen LogP contribution in [0.4, 0.5) is 5.82 Å². The maximum absolute atomic E-state index is 11.4. The first-order valence-corrected chi connectivity index (χ1v) is 7.41. The zero-order chi connectivity index (χ0) is 15.5. The number of unbranched alkanes of at least 4 members (excludes halogenated alkanes) is 1. The first-order valence-electron chi connectivity index (χ1n) is 7.41. The minimum absolute atomic E-state index is 0.561. The first-order chi connectivity index (χ1) is 10.7. The molecule has 6 heteroatoms. The van der Waals surface area contributed by atoms with Crippen LogP contribution in [0.5, 0.6) is 0 Å². The summed E-state index contributed by atoms with van der Waals surface area (Å²) >= 11 is 0. The number of H-pyrrole nitrogens is 1. The van der Waals surface area contributed by atoms with Gasteiger partial charge in [0.1, 0.15) is 23.8 Å². The summed E-state index contributed by atoms with van der Waals surface area (Å²) in [6, 6.07) is 7.18. The number of aromatic amines is 1. The van der Waals surface area contributed by atoms with Gasteiger partial charge in [0.2, 0.25) is 0 Å². The van der Waals surface area contributed by atoms with Crippen LogP contribution in [0.2, 0.25) is 0 Å². The summed E-state index contributed by atoms with van der Waals surface area (Å²) in [5.41, 5.74) is 1.67. The van der Waals surface area contributed by atoms with Crippen LogP contribution in [-0.2, 0) is 4.79 Å². The second-order valence-electron chi connectivity index (χ2n) is 5.29. The molecule has 1 aromatic carbocycles. The summed E-state index contributed by atoms with van der Waals surface area (Å²) in [4.78, 5) is 23.2. The number of nitrogens with zero attached hydrogens (tertiary/aromatic N) is 2. The summed E-state index contributed by atoms with van der Waals surface area (Å²) in [5, 5.41) is 14.3. The highest BCUT2D eigenvalue weighted by molar-refractivity contribution is 6.11. The molecule has 3 rings (SSSR count). The average molecular weight is 298 g/mol. The monoisotopic (exact) mass is 298 g/mol. The number of para-hydroxylation sites is 1. The lowest BCUT2D eigenvalue weighted by Crippen LogP contribution is -2.29. The SMILES string of the molecule is CCCCC(Nc1ncnc2[nH]c3ccccc3c12)C(=O)O. The number of carbonyl (C=O) groups is 1. The average Bonchev–Trinajstić information content (AvgIpc) is 2.90. The number of benzene rings is 1. The van der Waals surface area contributed by atoms with Crippen LogP contribution in [0, 0.1) is 0 Å². The number of aliphatic carboxylic acids is 1. The predicted octanol–water partition coefficient (Wildman–Crippen LogP) is 3.17. The molecule has 0 aliphatic carbocycles. The number of fused-ring (bicyclic) bond motifs is 3. The topological polar surface area (TPSA) is 90.9 Å². The third-order valence-electron chi connectivity index (χ3n) is 3.75. The van der Waals surface area contributed by atoms with Gasteiger partial charge in [-0.3, -0.25) is 0 Å². The van der Waals surface area contributed by atoms with Gasteiger partial charge in [-0.05, 0) is 12.5 Å². The van der Waals surface area contributed by atoms with Gasteiger partial charge >= 0.3 is 5.97 Å². The highest BCUT2D eigenvalue weighted by Crippen LogP contribution is 2.29. The maximum atomic E-state index is 11.4. The summed E-state index contributed by atoms with van der Waals surface area (Å²) < 4.78 is 0. The predicted molar refractivity (Wildman–Crippen MR) is 86.0 cm³/mol. The molecule has 2 heterocycles. The molecule has 114 valence electrons. The van der Waals surface area contributed by atoms with Crippen molar-refractivity contribution in [3.8, 4) is 0 Å². The number of hydrogen-bond donors (Lipinski definition) is 3. The van der Waals surface area contributed by atoms with E-state index < -0.39 is 12.0 Å². The molecule has 0 fully saturated rings. The minimum Gasteiger partial charge on any atom is -0.480 e. The molecule has 0 bridgehead atoms. The molecule has 0 spiro atoms. The Morgan fingerprint density at radius 3 is 2.95 bits per heavy atom. The van der Waals surface area contributed by atoms with Gasteiger partial charge in [0.15, 0.2) is 0 Å². The molecule has 0 saturated heterocycles. The second kappa shape index (κ2) is 6.01. The van der Waals surface area contributed by atoms with Gasteiger partial charge in [-0.1, -0.05) is 38.0 Å². The Morgan fingerprint density at radius 2 is 2.18 bits per heavy atom. The van der Waals surface area contributed by atoms with Crippen LogP contribution in [0.25, 0.3) is 21.9 Å². The summed E-state index contributed by atoms with van der Waals surface area (Å²) in [6.45, 7) is 2.04. The summed E-state index contributed by atoms with van der Waals surface area (Å²) in [6.07, 6.45) is 3.82. The minimum atomic E-state index is -0.861. The molecule has 2 aromatic heterocycles.